The summed E-state index contributed by atoms with van der Waals surface area (Å²) in [5, 5.41) is 9.94. The molecule has 0 aliphatic carbocycles. The molecule has 0 aliphatic rings. The van der Waals surface area contributed by atoms with Crippen molar-refractivity contribution < 1.29 is 9.18 Å². The molecule has 1 aromatic heterocycles. The highest BCUT2D eigenvalue weighted by molar-refractivity contribution is 8.00. The first-order chi connectivity index (χ1) is 12.8. The molecule has 27 heavy (non-hydrogen) atoms. The Labute approximate surface area is 173 Å². The molecule has 0 fully saturated rings. The molecule has 0 radical (unpaired) electrons. The number of thioether (sulfide) groups is 1. The first-order valence-electron chi connectivity index (χ1n) is 7.64. The van der Waals surface area contributed by atoms with Crippen molar-refractivity contribution in [1.82, 2.24) is 15.2 Å². The minimum absolute atomic E-state index is 0.234. The fourth-order valence-corrected chi connectivity index (χ4v) is 3.81. The molecular formula is C17H12Cl3FN4OS. The van der Waals surface area contributed by atoms with E-state index < -0.39 is 11.1 Å². The maximum absolute atomic E-state index is 13.8. The fourth-order valence-electron chi connectivity index (χ4n) is 2.17. The molecule has 3 rings (SSSR count). The number of anilines is 1. The number of aromatic nitrogens is 3. The van der Waals surface area contributed by atoms with Gasteiger partial charge in [-0.1, -0.05) is 58.7 Å². The predicted octanol–water partition coefficient (Wildman–Crippen LogP) is 5.69. The predicted molar refractivity (Wildman–Crippen MR) is 107 cm³/mol. The maximum Gasteiger partial charge on any atom is 0.237 e. The van der Waals surface area contributed by atoms with Crippen LogP contribution in [0.4, 0.5) is 10.1 Å². The molecule has 140 valence electrons. The average molecular weight is 446 g/mol. The molecule has 0 aliphatic heterocycles. The minimum atomic E-state index is -0.558. The Morgan fingerprint density at radius 3 is 2.56 bits per heavy atom. The SMILES string of the molecule is CC(Sc1n[nH]c(-c2ccccc2F)n1)C(=O)Nc1c(Cl)cc(Cl)cc1Cl. The molecule has 1 amide bonds. The van der Waals surface area contributed by atoms with Crippen molar-refractivity contribution >= 4 is 58.2 Å². The van der Waals surface area contributed by atoms with E-state index in [4.69, 9.17) is 34.8 Å². The van der Waals surface area contributed by atoms with Crippen molar-refractivity contribution in [2.45, 2.75) is 17.3 Å². The van der Waals surface area contributed by atoms with Crippen LogP contribution in [0, 0.1) is 5.82 Å². The minimum Gasteiger partial charge on any atom is -0.323 e. The summed E-state index contributed by atoms with van der Waals surface area (Å²) in [6.07, 6.45) is 0. The fraction of sp³-hybridized carbons (Fsp3) is 0.118. The number of carbonyl (C=O) groups excluding carboxylic acids is 1. The van der Waals surface area contributed by atoms with E-state index in [-0.39, 0.29) is 27.5 Å². The summed E-state index contributed by atoms with van der Waals surface area (Å²) in [7, 11) is 0. The molecule has 3 aromatic rings. The number of aromatic amines is 1. The Kier molecular flexibility index (Phi) is 6.26. The number of rotatable bonds is 5. The highest BCUT2D eigenvalue weighted by Gasteiger charge is 2.20. The number of nitrogens with one attached hydrogen (secondary N) is 2. The lowest BCUT2D eigenvalue weighted by molar-refractivity contribution is -0.115. The van der Waals surface area contributed by atoms with Gasteiger partial charge < -0.3 is 5.32 Å². The summed E-state index contributed by atoms with van der Waals surface area (Å²) in [6, 6.07) is 9.18. The zero-order chi connectivity index (χ0) is 19.6. The van der Waals surface area contributed by atoms with Gasteiger partial charge in [-0.25, -0.2) is 9.37 Å². The van der Waals surface area contributed by atoms with Crippen LogP contribution in [0.3, 0.4) is 0 Å². The van der Waals surface area contributed by atoms with Crippen LogP contribution >= 0.6 is 46.6 Å². The summed E-state index contributed by atoms with van der Waals surface area (Å²) in [6.45, 7) is 1.68. The van der Waals surface area contributed by atoms with E-state index in [0.717, 1.165) is 11.8 Å². The summed E-state index contributed by atoms with van der Waals surface area (Å²) in [5.74, 6) is -0.474. The Bertz CT molecular complexity index is 975. The van der Waals surface area contributed by atoms with E-state index in [0.29, 0.717) is 15.7 Å². The summed E-state index contributed by atoms with van der Waals surface area (Å²) in [4.78, 5) is 16.7. The molecule has 1 unspecified atom stereocenters. The maximum atomic E-state index is 13.8. The topological polar surface area (TPSA) is 70.7 Å². The van der Waals surface area contributed by atoms with E-state index in [9.17, 15) is 9.18 Å². The number of nitrogens with zero attached hydrogens (tertiary/aromatic N) is 2. The van der Waals surface area contributed by atoms with Crippen LogP contribution in [0.1, 0.15) is 6.92 Å². The molecule has 0 saturated heterocycles. The standard InChI is InChI=1S/C17H12Cl3FN4OS/c1-8(16(26)22-14-11(19)6-9(18)7-12(14)20)27-17-23-15(24-25-17)10-4-2-3-5-13(10)21/h2-8H,1H3,(H,22,26)(H,23,24,25). The zero-order valence-electron chi connectivity index (χ0n) is 13.8. The molecule has 0 bridgehead atoms. The number of amides is 1. The first kappa shape index (κ1) is 19.9. The Morgan fingerprint density at radius 1 is 1.22 bits per heavy atom. The third-order valence-corrected chi connectivity index (χ3v) is 5.28. The second-order valence-corrected chi connectivity index (χ2v) is 8.00. The van der Waals surface area contributed by atoms with Crippen molar-refractivity contribution in [1.29, 1.82) is 0 Å². The van der Waals surface area contributed by atoms with Crippen LogP contribution in [0.5, 0.6) is 0 Å². The van der Waals surface area contributed by atoms with Crippen LogP contribution in [0.2, 0.25) is 15.1 Å². The van der Waals surface area contributed by atoms with Gasteiger partial charge in [0.15, 0.2) is 5.82 Å². The van der Waals surface area contributed by atoms with Gasteiger partial charge in [0.1, 0.15) is 5.82 Å². The number of hydrogen-bond acceptors (Lipinski definition) is 4. The van der Waals surface area contributed by atoms with E-state index in [1.54, 1.807) is 25.1 Å². The van der Waals surface area contributed by atoms with E-state index in [2.05, 4.69) is 20.5 Å². The molecule has 0 spiro atoms. The quantitative estimate of drug-likeness (QED) is 0.495. The van der Waals surface area contributed by atoms with Gasteiger partial charge in [-0.3, -0.25) is 9.89 Å². The van der Waals surface area contributed by atoms with Crippen LogP contribution in [-0.4, -0.2) is 26.3 Å². The smallest absolute Gasteiger partial charge is 0.237 e. The molecule has 2 aromatic carbocycles. The zero-order valence-corrected chi connectivity index (χ0v) is 16.8. The van der Waals surface area contributed by atoms with Crippen LogP contribution in [-0.2, 0) is 4.79 Å². The lowest BCUT2D eigenvalue weighted by Gasteiger charge is -2.13. The van der Waals surface area contributed by atoms with Gasteiger partial charge in [0.2, 0.25) is 11.1 Å². The van der Waals surface area contributed by atoms with Gasteiger partial charge in [-0.05, 0) is 31.2 Å². The monoisotopic (exact) mass is 444 g/mol. The van der Waals surface area contributed by atoms with Crippen LogP contribution < -0.4 is 5.32 Å². The number of hydrogen-bond donors (Lipinski definition) is 2. The van der Waals surface area contributed by atoms with E-state index >= 15 is 0 Å². The molecular weight excluding hydrogens is 434 g/mol. The largest absolute Gasteiger partial charge is 0.323 e. The second-order valence-electron chi connectivity index (χ2n) is 5.44. The van der Waals surface area contributed by atoms with Crippen molar-refractivity contribution in [3.63, 3.8) is 0 Å². The molecule has 5 nitrogen and oxygen atoms in total. The third-order valence-electron chi connectivity index (χ3n) is 3.50. The number of carbonyl (C=O) groups is 1. The Hall–Kier alpha value is -1.80. The lowest BCUT2D eigenvalue weighted by Crippen LogP contribution is -2.23. The average Bonchev–Trinajstić information content (AvgIpc) is 3.06. The molecule has 0 saturated carbocycles. The number of H-pyrrole nitrogens is 1. The van der Waals surface area contributed by atoms with Crippen molar-refractivity contribution in [2.24, 2.45) is 0 Å². The van der Waals surface area contributed by atoms with Gasteiger partial charge >= 0.3 is 0 Å². The summed E-state index contributed by atoms with van der Waals surface area (Å²) >= 11 is 19.1. The molecule has 10 heteroatoms. The second kappa shape index (κ2) is 8.48. The number of halogens is 4. The van der Waals surface area contributed by atoms with Crippen molar-refractivity contribution in [3.8, 4) is 11.4 Å². The van der Waals surface area contributed by atoms with E-state index in [1.165, 1.54) is 18.2 Å². The van der Waals surface area contributed by atoms with Crippen LogP contribution in [0.15, 0.2) is 41.6 Å². The summed E-state index contributed by atoms with van der Waals surface area (Å²) < 4.78 is 13.8. The lowest BCUT2D eigenvalue weighted by atomic mass is 10.2. The normalized spacial score (nSPS) is 12.0. The first-order valence-corrected chi connectivity index (χ1v) is 9.66. The van der Waals surface area contributed by atoms with Crippen molar-refractivity contribution in [2.75, 3.05) is 5.32 Å². The molecule has 2 N–H and O–H groups in total. The van der Waals surface area contributed by atoms with Gasteiger partial charge in [-0.2, -0.15) is 0 Å². The molecule has 1 atom stereocenters. The highest BCUT2D eigenvalue weighted by atomic mass is 35.5. The van der Waals surface area contributed by atoms with Crippen LogP contribution in [0.25, 0.3) is 11.4 Å². The van der Waals surface area contributed by atoms with Gasteiger partial charge in [0.05, 0.1) is 26.5 Å². The summed E-state index contributed by atoms with van der Waals surface area (Å²) in [5.41, 5.74) is 0.580. The van der Waals surface area contributed by atoms with Gasteiger partial charge in [0, 0.05) is 5.02 Å². The highest BCUT2D eigenvalue weighted by Crippen LogP contribution is 2.34. The number of benzene rings is 2. The third kappa shape index (κ3) is 4.73. The molecule has 1 heterocycles. The van der Waals surface area contributed by atoms with Gasteiger partial charge in [-0.15, -0.1) is 5.10 Å². The van der Waals surface area contributed by atoms with Gasteiger partial charge in [0.25, 0.3) is 0 Å². The van der Waals surface area contributed by atoms with E-state index in [1.807, 2.05) is 0 Å². The van der Waals surface area contributed by atoms with Crippen molar-refractivity contribution in [3.05, 3.63) is 57.3 Å². The Balaban J connectivity index is 1.70. The Morgan fingerprint density at radius 2 is 1.89 bits per heavy atom.